The number of amides is 1. The van der Waals surface area contributed by atoms with Crippen LogP contribution in [-0.2, 0) is 6.54 Å². The minimum Gasteiger partial charge on any atom is -0.349 e. The molecule has 1 aliphatic rings. The summed E-state index contributed by atoms with van der Waals surface area (Å²) < 4.78 is 0. The van der Waals surface area contributed by atoms with Gasteiger partial charge in [0.2, 0.25) is 0 Å². The Bertz CT molecular complexity index is 1320. The van der Waals surface area contributed by atoms with E-state index in [9.17, 15) is 4.79 Å². The average Bonchev–Trinajstić information content (AvgIpc) is 2.98. The van der Waals surface area contributed by atoms with Crippen LogP contribution in [0.15, 0.2) is 72.3 Å². The van der Waals surface area contributed by atoms with E-state index in [0.717, 1.165) is 57.3 Å². The van der Waals surface area contributed by atoms with Crippen molar-refractivity contribution in [3.8, 4) is 6.07 Å². The van der Waals surface area contributed by atoms with Gasteiger partial charge in [0.05, 0.1) is 11.6 Å². The van der Waals surface area contributed by atoms with Crippen LogP contribution in [0, 0.1) is 32.1 Å². The van der Waals surface area contributed by atoms with E-state index in [1.807, 2.05) is 30.3 Å². The Kier molecular flexibility index (Phi) is 12.4. The number of likely N-dealkylation sites (tertiary alicyclic amines) is 1. The molecule has 41 heavy (non-hydrogen) atoms. The number of nitrogens with zero attached hydrogens (tertiary/aromatic N) is 2. The molecule has 4 heteroatoms. The lowest BCUT2D eigenvalue weighted by molar-refractivity contribution is 0.0909. The van der Waals surface area contributed by atoms with Crippen molar-refractivity contribution in [2.75, 3.05) is 13.1 Å². The van der Waals surface area contributed by atoms with E-state index < -0.39 is 0 Å². The molecule has 0 unspecified atom stereocenters. The molecule has 1 heterocycles. The minimum atomic E-state index is 0.0328. The lowest BCUT2D eigenvalue weighted by atomic mass is 9.91. The summed E-state index contributed by atoms with van der Waals surface area (Å²) >= 11 is 0. The first-order valence-corrected chi connectivity index (χ1v) is 15.1. The molecule has 1 amide bonds. The normalized spacial score (nSPS) is 14.4. The number of piperidine rings is 1. The number of aryl methyl sites for hydroxylation is 3. The van der Waals surface area contributed by atoms with Crippen molar-refractivity contribution in [3.63, 3.8) is 0 Å². The smallest absolute Gasteiger partial charge is 0.251 e. The van der Waals surface area contributed by atoms with Crippen molar-refractivity contribution < 1.29 is 4.79 Å². The number of hydrogen-bond donors (Lipinski definition) is 1. The third-order valence-electron chi connectivity index (χ3n) is 7.95. The molecule has 0 radical (unpaired) electrons. The molecule has 216 valence electrons. The summed E-state index contributed by atoms with van der Waals surface area (Å²) in [4.78, 5) is 15.5. The Morgan fingerprint density at radius 1 is 0.927 bits per heavy atom. The van der Waals surface area contributed by atoms with Gasteiger partial charge in [0.1, 0.15) is 0 Å². The third kappa shape index (κ3) is 9.73. The number of allylic oxidation sites excluding steroid dienone is 2. The summed E-state index contributed by atoms with van der Waals surface area (Å²) in [5.41, 5.74) is 10.6. The highest BCUT2D eigenvalue weighted by Crippen LogP contribution is 2.28. The molecular formula is C37H47N3O. The predicted molar refractivity (Wildman–Crippen MR) is 172 cm³/mol. The van der Waals surface area contributed by atoms with Crippen LogP contribution in [0.4, 0.5) is 0 Å². The van der Waals surface area contributed by atoms with Gasteiger partial charge in [-0.2, -0.15) is 5.26 Å². The summed E-state index contributed by atoms with van der Waals surface area (Å²) in [6.45, 7) is 15.8. The molecule has 0 bridgehead atoms. The zero-order valence-corrected chi connectivity index (χ0v) is 25.9. The molecule has 3 aromatic rings. The summed E-state index contributed by atoms with van der Waals surface area (Å²) in [6, 6.07) is 24.8. The Morgan fingerprint density at radius 2 is 1.54 bits per heavy atom. The number of carbonyl (C=O) groups excluding carboxylic acids is 1. The molecule has 0 aliphatic carbocycles. The Balaban J connectivity index is 0.000000496. The van der Waals surface area contributed by atoms with Crippen LogP contribution in [0.1, 0.15) is 96.6 Å². The molecule has 0 saturated carbocycles. The quantitative estimate of drug-likeness (QED) is 0.306. The van der Waals surface area contributed by atoms with Crippen LogP contribution >= 0.6 is 0 Å². The van der Waals surface area contributed by atoms with E-state index in [1.165, 1.54) is 39.0 Å². The zero-order valence-electron chi connectivity index (χ0n) is 25.9. The van der Waals surface area contributed by atoms with Gasteiger partial charge in [0.15, 0.2) is 0 Å². The highest BCUT2D eigenvalue weighted by molar-refractivity contribution is 5.95. The Morgan fingerprint density at radius 3 is 2.07 bits per heavy atom. The van der Waals surface area contributed by atoms with Crippen molar-refractivity contribution in [1.29, 1.82) is 5.26 Å². The van der Waals surface area contributed by atoms with Crippen LogP contribution in [0.3, 0.4) is 0 Å². The molecule has 1 saturated heterocycles. The van der Waals surface area contributed by atoms with Crippen LogP contribution in [-0.4, -0.2) is 29.9 Å². The second-order valence-corrected chi connectivity index (χ2v) is 11.4. The maximum Gasteiger partial charge on any atom is 0.251 e. The third-order valence-corrected chi connectivity index (χ3v) is 7.95. The van der Waals surface area contributed by atoms with E-state index >= 15 is 0 Å². The predicted octanol–water partition coefficient (Wildman–Crippen LogP) is 8.55. The molecule has 3 aromatic carbocycles. The highest BCUT2D eigenvalue weighted by Gasteiger charge is 2.22. The van der Waals surface area contributed by atoms with Crippen LogP contribution in [0.2, 0.25) is 0 Å². The molecular weight excluding hydrogens is 502 g/mol. The number of nitrogens with one attached hydrogen (secondary N) is 1. The van der Waals surface area contributed by atoms with Gasteiger partial charge < -0.3 is 5.32 Å². The van der Waals surface area contributed by atoms with Gasteiger partial charge in [-0.25, -0.2) is 0 Å². The van der Waals surface area contributed by atoms with E-state index in [0.29, 0.717) is 5.56 Å². The fraction of sp³-hybridized carbons (Fsp3) is 0.405. The second-order valence-electron chi connectivity index (χ2n) is 11.4. The van der Waals surface area contributed by atoms with Crippen LogP contribution < -0.4 is 5.32 Å². The topological polar surface area (TPSA) is 56.1 Å². The Labute approximate surface area is 248 Å². The molecule has 1 fully saturated rings. The standard InChI is InChI=1S/C29H37N3O.C8H10/c1-5-7-21(3)27(6-2)28-18-25(13-8-22(28)4)29(33)31-26-14-16-32(17-15-26)20-24-11-9-23(19-30)10-12-24;1-7-3-5-8(2)6-4-7/h8-13,18,26H,5-7,14-17,20H2,1-4H3,(H,31,33);3-6H,1-2H3/b27-21+;. The lowest BCUT2D eigenvalue weighted by Gasteiger charge is -2.32. The number of nitriles is 1. The van der Waals surface area contributed by atoms with E-state index in [2.05, 4.69) is 94.2 Å². The van der Waals surface area contributed by atoms with Gasteiger partial charge in [-0.3, -0.25) is 9.69 Å². The van der Waals surface area contributed by atoms with Crippen molar-refractivity contribution in [3.05, 3.63) is 111 Å². The summed E-state index contributed by atoms with van der Waals surface area (Å²) in [5.74, 6) is 0.0328. The van der Waals surface area contributed by atoms with Gasteiger partial charge in [-0.1, -0.05) is 79.4 Å². The van der Waals surface area contributed by atoms with E-state index in [-0.39, 0.29) is 11.9 Å². The van der Waals surface area contributed by atoms with E-state index in [1.54, 1.807) is 0 Å². The highest BCUT2D eigenvalue weighted by atomic mass is 16.1. The maximum atomic E-state index is 13.0. The SMILES string of the molecule is CCC/C(C)=C(\CC)c1cc(C(=O)NC2CCN(Cc3ccc(C#N)cc3)CC2)ccc1C.Cc1ccc(C)cc1. The minimum absolute atomic E-state index is 0.0328. The zero-order chi connectivity index (χ0) is 29.8. The van der Waals surface area contributed by atoms with Crippen molar-refractivity contribution >= 4 is 11.5 Å². The first-order chi connectivity index (χ1) is 19.7. The number of benzene rings is 3. The van der Waals surface area contributed by atoms with Gasteiger partial charge in [-0.05, 0) is 99.9 Å². The maximum absolute atomic E-state index is 13.0. The molecule has 1 aliphatic heterocycles. The van der Waals surface area contributed by atoms with Crippen LogP contribution in [0.25, 0.3) is 5.57 Å². The molecule has 4 nitrogen and oxygen atoms in total. The van der Waals surface area contributed by atoms with Crippen molar-refractivity contribution in [2.24, 2.45) is 0 Å². The van der Waals surface area contributed by atoms with Gasteiger partial charge >= 0.3 is 0 Å². The average molecular weight is 550 g/mol. The first kappa shape index (κ1) is 31.8. The monoisotopic (exact) mass is 549 g/mol. The van der Waals surface area contributed by atoms with Gasteiger partial charge in [0, 0.05) is 31.2 Å². The number of rotatable bonds is 8. The fourth-order valence-corrected chi connectivity index (χ4v) is 5.42. The largest absolute Gasteiger partial charge is 0.349 e. The molecule has 0 atom stereocenters. The second kappa shape index (κ2) is 15.9. The molecule has 0 spiro atoms. The Hall–Kier alpha value is -3.68. The number of hydrogen-bond acceptors (Lipinski definition) is 3. The lowest BCUT2D eigenvalue weighted by Crippen LogP contribution is -2.44. The van der Waals surface area contributed by atoms with Crippen molar-refractivity contribution in [1.82, 2.24) is 10.2 Å². The molecule has 1 N–H and O–H groups in total. The van der Waals surface area contributed by atoms with Gasteiger partial charge in [0.25, 0.3) is 5.91 Å². The summed E-state index contributed by atoms with van der Waals surface area (Å²) in [6.07, 6.45) is 5.13. The fourth-order valence-electron chi connectivity index (χ4n) is 5.42. The van der Waals surface area contributed by atoms with E-state index in [4.69, 9.17) is 5.26 Å². The first-order valence-electron chi connectivity index (χ1n) is 15.1. The molecule has 0 aromatic heterocycles. The van der Waals surface area contributed by atoms with Crippen molar-refractivity contribution in [2.45, 2.75) is 86.2 Å². The number of carbonyl (C=O) groups is 1. The molecule has 4 rings (SSSR count). The van der Waals surface area contributed by atoms with Gasteiger partial charge in [-0.15, -0.1) is 0 Å². The summed E-state index contributed by atoms with van der Waals surface area (Å²) in [7, 11) is 0. The van der Waals surface area contributed by atoms with Crippen LogP contribution in [0.5, 0.6) is 0 Å². The summed E-state index contributed by atoms with van der Waals surface area (Å²) in [5, 5.41) is 12.2.